The molecule has 22 heavy (non-hydrogen) atoms. The van der Waals surface area contributed by atoms with Crippen LogP contribution in [0.1, 0.15) is 0 Å². The molecule has 0 amide bonds. The number of halogens is 3. The van der Waals surface area contributed by atoms with Crippen molar-refractivity contribution in [2.75, 3.05) is 0 Å². The Hall–Kier alpha value is -1.04. The van der Waals surface area contributed by atoms with E-state index >= 15 is 0 Å². The number of benzene rings is 3. The Bertz CT molecular complexity index is 1020. The summed E-state index contributed by atoms with van der Waals surface area (Å²) in [5, 5.41) is 2.97. The van der Waals surface area contributed by atoms with Crippen molar-refractivity contribution in [3.63, 3.8) is 0 Å². The zero-order valence-corrected chi connectivity index (χ0v) is 15.7. The molecular formula is C18H9BrClIO. The molecule has 1 aromatic heterocycles. The van der Waals surface area contributed by atoms with Gasteiger partial charge in [-0.25, -0.2) is 0 Å². The van der Waals surface area contributed by atoms with Gasteiger partial charge in [0.25, 0.3) is 0 Å². The van der Waals surface area contributed by atoms with E-state index in [0.717, 1.165) is 46.1 Å². The largest absolute Gasteiger partial charge is 0.455 e. The normalized spacial score (nSPS) is 11.4. The van der Waals surface area contributed by atoms with Crippen molar-refractivity contribution in [2.24, 2.45) is 0 Å². The van der Waals surface area contributed by atoms with Crippen LogP contribution in [0, 0.1) is 3.57 Å². The van der Waals surface area contributed by atoms with E-state index < -0.39 is 0 Å². The molecule has 0 fully saturated rings. The standard InChI is InChI=1S/C18H9BrClIO/c19-14-5-2-6-16-17(14)13-8-11(9-15(21)18(13)22-16)10-3-1-4-12(20)7-10/h1-9H. The molecule has 0 aliphatic heterocycles. The first-order chi connectivity index (χ1) is 10.6. The summed E-state index contributed by atoms with van der Waals surface area (Å²) < 4.78 is 8.15. The summed E-state index contributed by atoms with van der Waals surface area (Å²) in [4.78, 5) is 0. The second-order valence-corrected chi connectivity index (χ2v) is 7.51. The molecule has 0 saturated heterocycles. The Morgan fingerprint density at radius 3 is 2.59 bits per heavy atom. The molecular weight excluding hydrogens is 474 g/mol. The van der Waals surface area contributed by atoms with E-state index in [9.17, 15) is 0 Å². The molecule has 1 heterocycles. The van der Waals surface area contributed by atoms with Gasteiger partial charge in [0, 0.05) is 20.3 Å². The molecule has 0 unspecified atom stereocenters. The van der Waals surface area contributed by atoms with Crippen molar-refractivity contribution in [2.45, 2.75) is 0 Å². The molecule has 0 bridgehead atoms. The van der Waals surface area contributed by atoms with Gasteiger partial charge in [-0.1, -0.05) is 45.7 Å². The lowest BCUT2D eigenvalue weighted by molar-refractivity contribution is 0.666. The first-order valence-electron chi connectivity index (χ1n) is 6.70. The van der Waals surface area contributed by atoms with Gasteiger partial charge in [-0.2, -0.15) is 0 Å². The van der Waals surface area contributed by atoms with E-state index in [1.54, 1.807) is 0 Å². The highest BCUT2D eigenvalue weighted by Gasteiger charge is 2.14. The maximum Gasteiger partial charge on any atom is 0.148 e. The Morgan fingerprint density at radius 2 is 1.77 bits per heavy atom. The minimum absolute atomic E-state index is 0.742. The van der Waals surface area contributed by atoms with Gasteiger partial charge in [0.1, 0.15) is 11.2 Å². The molecule has 0 aliphatic carbocycles. The smallest absolute Gasteiger partial charge is 0.148 e. The summed E-state index contributed by atoms with van der Waals surface area (Å²) >= 11 is 12.1. The number of hydrogen-bond acceptors (Lipinski definition) is 1. The van der Waals surface area contributed by atoms with Gasteiger partial charge in [-0.05, 0) is 70.1 Å². The zero-order valence-electron chi connectivity index (χ0n) is 11.2. The highest BCUT2D eigenvalue weighted by Crippen LogP contribution is 2.38. The maximum atomic E-state index is 6.12. The van der Waals surface area contributed by atoms with Crippen molar-refractivity contribution < 1.29 is 4.42 Å². The minimum Gasteiger partial charge on any atom is -0.455 e. The second kappa shape index (κ2) is 5.55. The first kappa shape index (κ1) is 14.5. The molecule has 0 radical (unpaired) electrons. The van der Waals surface area contributed by atoms with Gasteiger partial charge in [0.15, 0.2) is 0 Å². The SMILES string of the molecule is Clc1cccc(-c2cc(I)c3oc4cccc(Br)c4c3c2)c1. The average molecular weight is 484 g/mol. The van der Waals surface area contributed by atoms with E-state index in [1.165, 1.54) is 0 Å². The quantitative estimate of drug-likeness (QED) is 0.260. The van der Waals surface area contributed by atoms with E-state index in [-0.39, 0.29) is 0 Å². The van der Waals surface area contributed by atoms with Gasteiger partial charge in [-0.3, -0.25) is 0 Å². The summed E-state index contributed by atoms with van der Waals surface area (Å²) in [5.41, 5.74) is 4.06. The Kier molecular flexibility index (Phi) is 3.67. The Morgan fingerprint density at radius 1 is 0.955 bits per heavy atom. The molecule has 1 nitrogen and oxygen atoms in total. The summed E-state index contributed by atoms with van der Waals surface area (Å²) in [6.07, 6.45) is 0. The predicted molar refractivity (Wildman–Crippen MR) is 105 cm³/mol. The highest BCUT2D eigenvalue weighted by molar-refractivity contribution is 14.1. The van der Waals surface area contributed by atoms with Crippen molar-refractivity contribution in [1.82, 2.24) is 0 Å². The highest BCUT2D eigenvalue weighted by atomic mass is 127. The number of fused-ring (bicyclic) bond motifs is 3. The molecule has 108 valence electrons. The van der Waals surface area contributed by atoms with Gasteiger partial charge >= 0.3 is 0 Å². The van der Waals surface area contributed by atoms with E-state index in [0.29, 0.717) is 0 Å². The van der Waals surface area contributed by atoms with Crippen LogP contribution in [-0.4, -0.2) is 0 Å². The molecule has 4 heteroatoms. The van der Waals surface area contributed by atoms with Crippen molar-refractivity contribution in [3.05, 3.63) is 67.7 Å². The summed E-state index contributed by atoms with van der Waals surface area (Å²) in [5.74, 6) is 0. The summed E-state index contributed by atoms with van der Waals surface area (Å²) in [6, 6.07) is 18.2. The van der Waals surface area contributed by atoms with E-state index in [1.807, 2.05) is 36.4 Å². The number of rotatable bonds is 1. The molecule has 0 atom stereocenters. The van der Waals surface area contributed by atoms with Crippen LogP contribution in [-0.2, 0) is 0 Å². The van der Waals surface area contributed by atoms with Crippen molar-refractivity contribution in [1.29, 1.82) is 0 Å². The molecule has 0 aliphatic rings. The molecule has 4 rings (SSSR count). The summed E-state index contributed by atoms with van der Waals surface area (Å²) in [6.45, 7) is 0. The Balaban J connectivity index is 2.09. The fraction of sp³-hybridized carbons (Fsp3) is 0. The topological polar surface area (TPSA) is 13.1 Å². The second-order valence-electron chi connectivity index (χ2n) is 5.06. The van der Waals surface area contributed by atoms with Crippen LogP contribution in [0.2, 0.25) is 5.02 Å². The third-order valence-corrected chi connectivity index (χ3v) is 5.36. The van der Waals surface area contributed by atoms with Gasteiger partial charge < -0.3 is 4.42 Å². The first-order valence-corrected chi connectivity index (χ1v) is 8.94. The average Bonchev–Trinajstić information content (AvgIpc) is 2.88. The number of furan rings is 1. The van der Waals surface area contributed by atoms with Crippen LogP contribution in [0.3, 0.4) is 0 Å². The molecule has 0 N–H and O–H groups in total. The van der Waals surface area contributed by atoms with Gasteiger partial charge in [0.2, 0.25) is 0 Å². The van der Waals surface area contributed by atoms with Crippen LogP contribution in [0.4, 0.5) is 0 Å². The fourth-order valence-electron chi connectivity index (χ4n) is 2.68. The van der Waals surface area contributed by atoms with Crippen molar-refractivity contribution >= 4 is 72.1 Å². The molecule has 0 spiro atoms. The van der Waals surface area contributed by atoms with E-state index in [4.69, 9.17) is 16.0 Å². The van der Waals surface area contributed by atoms with Crippen LogP contribution >= 0.6 is 50.1 Å². The lowest BCUT2D eigenvalue weighted by Gasteiger charge is -2.04. The van der Waals surface area contributed by atoms with Crippen LogP contribution in [0.5, 0.6) is 0 Å². The zero-order chi connectivity index (χ0) is 15.3. The third kappa shape index (κ3) is 2.36. The van der Waals surface area contributed by atoms with Crippen molar-refractivity contribution in [3.8, 4) is 11.1 Å². The molecule has 0 saturated carbocycles. The molecule has 4 aromatic rings. The van der Waals surface area contributed by atoms with Gasteiger partial charge in [0.05, 0.1) is 3.57 Å². The fourth-order valence-corrected chi connectivity index (χ4v) is 4.17. The summed E-state index contributed by atoms with van der Waals surface area (Å²) in [7, 11) is 0. The third-order valence-electron chi connectivity index (χ3n) is 3.66. The number of hydrogen-bond donors (Lipinski definition) is 0. The van der Waals surface area contributed by atoms with Crippen LogP contribution in [0.25, 0.3) is 33.1 Å². The maximum absolute atomic E-state index is 6.12. The van der Waals surface area contributed by atoms with Gasteiger partial charge in [-0.15, -0.1) is 0 Å². The van der Waals surface area contributed by atoms with E-state index in [2.05, 4.69) is 56.7 Å². The Labute approximate surface area is 154 Å². The van der Waals surface area contributed by atoms with Crippen LogP contribution in [0.15, 0.2) is 63.5 Å². The predicted octanol–water partition coefficient (Wildman–Crippen LogP) is 7.27. The molecule has 3 aromatic carbocycles. The van der Waals surface area contributed by atoms with Crippen LogP contribution < -0.4 is 0 Å². The lowest BCUT2D eigenvalue weighted by atomic mass is 10.0. The lowest BCUT2D eigenvalue weighted by Crippen LogP contribution is -1.81. The monoisotopic (exact) mass is 482 g/mol. The minimum atomic E-state index is 0.742.